The Bertz CT molecular complexity index is 1380. The SMILES string of the molecule is COc1cc(C)c2c(ccn2C(=O)OC(C)(C)C)c1C(C)c1nc2cc(C#N)ccc2o1. The molecule has 32 heavy (non-hydrogen) atoms. The lowest BCUT2D eigenvalue weighted by Gasteiger charge is -2.21. The highest BCUT2D eigenvalue weighted by Crippen LogP contribution is 2.40. The van der Waals surface area contributed by atoms with Crippen molar-refractivity contribution < 1.29 is 18.7 Å². The molecule has 4 aromatic rings. The zero-order chi connectivity index (χ0) is 23.2. The number of nitrogens with zero attached hydrogens (tertiary/aromatic N) is 3. The standard InChI is InChI=1S/C25H25N3O4/c1-14-11-20(30-6)21(17-9-10-28(22(14)17)24(29)32-25(3,4)5)15(2)23-27-18-12-16(13-26)7-8-19(18)31-23/h7-12,15H,1-6H3. The van der Waals surface area contributed by atoms with Gasteiger partial charge in [0, 0.05) is 17.1 Å². The highest BCUT2D eigenvalue weighted by atomic mass is 16.6. The number of rotatable bonds is 3. The van der Waals surface area contributed by atoms with E-state index in [1.165, 1.54) is 4.57 Å². The average molecular weight is 431 g/mol. The minimum atomic E-state index is -0.606. The third-order valence-electron chi connectivity index (χ3n) is 5.31. The second-order valence-electron chi connectivity index (χ2n) is 8.81. The van der Waals surface area contributed by atoms with Crippen LogP contribution in [0.5, 0.6) is 5.75 Å². The van der Waals surface area contributed by atoms with E-state index in [2.05, 4.69) is 11.1 Å². The fourth-order valence-electron chi connectivity index (χ4n) is 3.93. The number of carbonyl (C=O) groups excluding carboxylic acids is 1. The van der Waals surface area contributed by atoms with Gasteiger partial charge < -0.3 is 13.9 Å². The molecule has 1 unspecified atom stereocenters. The zero-order valence-corrected chi connectivity index (χ0v) is 19.0. The van der Waals surface area contributed by atoms with Gasteiger partial charge in [0.1, 0.15) is 16.9 Å². The predicted octanol–water partition coefficient (Wildman–Crippen LogP) is 5.91. The van der Waals surface area contributed by atoms with E-state index >= 15 is 0 Å². The molecule has 4 rings (SSSR count). The van der Waals surface area contributed by atoms with Crippen molar-refractivity contribution in [2.24, 2.45) is 0 Å². The van der Waals surface area contributed by atoms with Crippen molar-refractivity contribution in [3.05, 3.63) is 59.1 Å². The summed E-state index contributed by atoms with van der Waals surface area (Å²) in [6.45, 7) is 9.43. The van der Waals surface area contributed by atoms with Crippen LogP contribution in [-0.4, -0.2) is 28.4 Å². The second kappa shape index (κ2) is 7.72. The lowest BCUT2D eigenvalue weighted by Crippen LogP contribution is -2.26. The Morgan fingerprint density at radius 2 is 2.00 bits per heavy atom. The van der Waals surface area contributed by atoms with E-state index in [4.69, 9.17) is 19.2 Å². The third-order valence-corrected chi connectivity index (χ3v) is 5.31. The first-order valence-corrected chi connectivity index (χ1v) is 10.4. The van der Waals surface area contributed by atoms with Gasteiger partial charge in [0.2, 0.25) is 5.89 Å². The van der Waals surface area contributed by atoms with Crippen LogP contribution in [0.2, 0.25) is 0 Å². The van der Waals surface area contributed by atoms with Crippen LogP contribution in [0.1, 0.15) is 56.2 Å². The highest BCUT2D eigenvalue weighted by molar-refractivity contribution is 5.95. The van der Waals surface area contributed by atoms with Crippen LogP contribution in [-0.2, 0) is 4.74 Å². The number of ether oxygens (including phenoxy) is 2. The largest absolute Gasteiger partial charge is 0.496 e. The van der Waals surface area contributed by atoms with Gasteiger partial charge in [0.25, 0.3) is 0 Å². The predicted molar refractivity (Wildman–Crippen MR) is 121 cm³/mol. The lowest BCUT2D eigenvalue weighted by molar-refractivity contribution is 0.0544. The number of fused-ring (bicyclic) bond motifs is 2. The van der Waals surface area contributed by atoms with E-state index in [9.17, 15) is 4.79 Å². The summed E-state index contributed by atoms with van der Waals surface area (Å²) < 4.78 is 18.8. The molecule has 2 heterocycles. The molecule has 0 aliphatic heterocycles. The van der Waals surface area contributed by atoms with Gasteiger partial charge in [-0.2, -0.15) is 5.26 Å². The van der Waals surface area contributed by atoms with Crippen molar-refractivity contribution in [3.8, 4) is 11.8 Å². The Morgan fingerprint density at radius 1 is 1.25 bits per heavy atom. The van der Waals surface area contributed by atoms with Crippen LogP contribution < -0.4 is 4.74 Å². The normalized spacial score (nSPS) is 12.7. The molecular weight excluding hydrogens is 406 g/mol. The van der Waals surface area contributed by atoms with Crippen molar-refractivity contribution >= 4 is 28.1 Å². The molecule has 164 valence electrons. The fraction of sp³-hybridized carbons (Fsp3) is 0.320. The molecule has 0 aliphatic rings. The first-order chi connectivity index (χ1) is 15.1. The first-order valence-electron chi connectivity index (χ1n) is 10.4. The summed E-state index contributed by atoms with van der Waals surface area (Å²) in [7, 11) is 1.62. The molecule has 0 N–H and O–H groups in total. The number of oxazole rings is 1. The molecule has 0 saturated carbocycles. The summed E-state index contributed by atoms with van der Waals surface area (Å²) in [4.78, 5) is 17.4. The van der Waals surface area contributed by atoms with Gasteiger partial charge in [0.05, 0.1) is 30.2 Å². The van der Waals surface area contributed by atoms with E-state index in [0.717, 1.165) is 22.0 Å². The van der Waals surface area contributed by atoms with E-state index in [0.29, 0.717) is 28.3 Å². The average Bonchev–Trinajstić information content (AvgIpc) is 3.36. The van der Waals surface area contributed by atoms with Gasteiger partial charge in [-0.15, -0.1) is 0 Å². The van der Waals surface area contributed by atoms with Crippen molar-refractivity contribution in [2.75, 3.05) is 7.11 Å². The van der Waals surface area contributed by atoms with Gasteiger partial charge in [0.15, 0.2) is 5.58 Å². The molecular formula is C25H25N3O4. The molecule has 2 aromatic heterocycles. The van der Waals surface area contributed by atoms with Crippen molar-refractivity contribution in [2.45, 2.75) is 46.1 Å². The molecule has 0 fully saturated rings. The maximum absolute atomic E-state index is 12.8. The lowest BCUT2D eigenvalue weighted by atomic mass is 9.94. The van der Waals surface area contributed by atoms with Gasteiger partial charge in [-0.3, -0.25) is 4.57 Å². The van der Waals surface area contributed by atoms with E-state index in [-0.39, 0.29) is 5.92 Å². The Kier molecular flexibility index (Phi) is 5.17. The van der Waals surface area contributed by atoms with Crippen LogP contribution in [0.15, 0.2) is 40.9 Å². The highest BCUT2D eigenvalue weighted by Gasteiger charge is 2.26. The Balaban J connectivity index is 1.87. The minimum absolute atomic E-state index is 0.263. The Labute approximate surface area is 186 Å². The molecule has 0 saturated heterocycles. The van der Waals surface area contributed by atoms with Gasteiger partial charge in [-0.1, -0.05) is 0 Å². The molecule has 7 nitrogen and oxygen atoms in total. The first kappa shape index (κ1) is 21.4. The monoisotopic (exact) mass is 431 g/mol. The summed E-state index contributed by atoms with van der Waals surface area (Å²) in [5.74, 6) is 0.924. The van der Waals surface area contributed by atoms with Crippen molar-refractivity contribution in [1.29, 1.82) is 5.26 Å². The topological polar surface area (TPSA) is 90.3 Å². The van der Waals surface area contributed by atoms with Crippen LogP contribution in [0, 0.1) is 18.3 Å². The number of aromatic nitrogens is 2. The number of aryl methyl sites for hydroxylation is 1. The van der Waals surface area contributed by atoms with Crippen molar-refractivity contribution in [1.82, 2.24) is 9.55 Å². The Hall–Kier alpha value is -3.79. The van der Waals surface area contributed by atoms with Gasteiger partial charge in [-0.05, 0) is 70.5 Å². The van der Waals surface area contributed by atoms with Gasteiger partial charge >= 0.3 is 6.09 Å². The second-order valence-corrected chi connectivity index (χ2v) is 8.81. The molecule has 0 spiro atoms. The van der Waals surface area contributed by atoms with Gasteiger partial charge in [-0.25, -0.2) is 9.78 Å². The molecule has 0 amide bonds. The minimum Gasteiger partial charge on any atom is -0.496 e. The summed E-state index contributed by atoms with van der Waals surface area (Å²) in [5, 5.41) is 10.0. The van der Waals surface area contributed by atoms with E-state index < -0.39 is 11.7 Å². The molecule has 7 heteroatoms. The van der Waals surface area contributed by atoms with E-state index in [1.54, 1.807) is 31.5 Å². The summed E-state index contributed by atoms with van der Waals surface area (Å²) in [6.07, 6.45) is 1.28. The van der Waals surface area contributed by atoms with Crippen LogP contribution in [0.3, 0.4) is 0 Å². The third kappa shape index (κ3) is 3.69. The number of benzene rings is 2. The number of carbonyl (C=O) groups is 1. The van der Waals surface area contributed by atoms with Crippen LogP contribution in [0.25, 0.3) is 22.0 Å². The molecule has 0 radical (unpaired) electrons. The number of methoxy groups -OCH3 is 1. The maximum atomic E-state index is 12.8. The molecule has 0 bridgehead atoms. The number of hydrogen-bond donors (Lipinski definition) is 0. The summed E-state index contributed by atoms with van der Waals surface area (Å²) in [6, 6.07) is 11.1. The number of hydrogen-bond acceptors (Lipinski definition) is 6. The van der Waals surface area contributed by atoms with Crippen LogP contribution >= 0.6 is 0 Å². The fourth-order valence-corrected chi connectivity index (χ4v) is 3.93. The Morgan fingerprint density at radius 3 is 2.66 bits per heavy atom. The molecule has 2 aromatic carbocycles. The quantitative estimate of drug-likeness (QED) is 0.401. The zero-order valence-electron chi connectivity index (χ0n) is 19.0. The smallest absolute Gasteiger partial charge is 0.419 e. The summed E-state index contributed by atoms with van der Waals surface area (Å²) in [5.41, 5.74) is 3.66. The molecule has 0 aliphatic carbocycles. The van der Waals surface area contributed by atoms with Crippen LogP contribution in [0.4, 0.5) is 4.79 Å². The maximum Gasteiger partial charge on any atom is 0.419 e. The summed E-state index contributed by atoms with van der Waals surface area (Å²) >= 11 is 0. The van der Waals surface area contributed by atoms with E-state index in [1.807, 2.05) is 46.8 Å². The number of nitriles is 1. The molecule has 1 atom stereocenters. The van der Waals surface area contributed by atoms with Crippen molar-refractivity contribution in [3.63, 3.8) is 0 Å².